The normalized spacial score (nSPS) is 46.0. The van der Waals surface area contributed by atoms with Crippen molar-refractivity contribution < 1.29 is 14.3 Å². The molecule has 0 aromatic carbocycles. The van der Waals surface area contributed by atoms with E-state index in [9.17, 15) is 9.59 Å². The molecule has 0 aromatic rings. The van der Waals surface area contributed by atoms with E-state index in [1.54, 1.807) is 12.2 Å². The van der Waals surface area contributed by atoms with Gasteiger partial charge >= 0.3 is 5.97 Å². The van der Waals surface area contributed by atoms with Gasteiger partial charge in [-0.05, 0) is 61.2 Å². The monoisotopic (exact) mass is 326 g/mol. The van der Waals surface area contributed by atoms with Crippen molar-refractivity contribution in [1.82, 2.24) is 0 Å². The van der Waals surface area contributed by atoms with Crippen molar-refractivity contribution in [2.45, 2.75) is 52.6 Å². The van der Waals surface area contributed by atoms with Gasteiger partial charge in [0.05, 0.1) is 0 Å². The van der Waals surface area contributed by atoms with Crippen molar-refractivity contribution in [3.63, 3.8) is 0 Å². The lowest BCUT2D eigenvalue weighted by Gasteiger charge is -2.54. The van der Waals surface area contributed by atoms with Crippen molar-refractivity contribution in [3.8, 4) is 0 Å². The summed E-state index contributed by atoms with van der Waals surface area (Å²) in [6, 6.07) is 0. The average Bonchev–Trinajstić information content (AvgIpc) is 2.84. The lowest BCUT2D eigenvalue weighted by Crippen LogP contribution is -2.49. The molecule has 0 bridgehead atoms. The number of ketones is 1. The average molecular weight is 326 g/mol. The number of carbonyl (C=O) groups is 2. The SMILES string of the molecule is CC(=O)O[C@H]1CC[C@@H]2[C@H]3C=CC4=CC(=O)C=C[C@]4(C)[C@H]3CC[C@]12C. The molecule has 3 heteroatoms. The van der Waals surface area contributed by atoms with E-state index < -0.39 is 0 Å². The Bertz CT molecular complexity index is 685. The van der Waals surface area contributed by atoms with Gasteiger partial charge in [-0.15, -0.1) is 0 Å². The fourth-order valence-corrected chi connectivity index (χ4v) is 6.00. The van der Waals surface area contributed by atoms with Gasteiger partial charge < -0.3 is 4.74 Å². The molecule has 3 nitrogen and oxygen atoms in total. The Hall–Kier alpha value is -1.64. The van der Waals surface area contributed by atoms with Crippen molar-refractivity contribution in [1.29, 1.82) is 0 Å². The number of hydrogen-bond donors (Lipinski definition) is 0. The minimum Gasteiger partial charge on any atom is -0.462 e. The molecule has 2 saturated carbocycles. The number of fused-ring (bicyclic) bond motifs is 5. The zero-order valence-corrected chi connectivity index (χ0v) is 14.7. The smallest absolute Gasteiger partial charge is 0.302 e. The van der Waals surface area contributed by atoms with Gasteiger partial charge in [-0.25, -0.2) is 0 Å². The summed E-state index contributed by atoms with van der Waals surface area (Å²) in [7, 11) is 0. The van der Waals surface area contributed by atoms with Crippen LogP contribution in [-0.2, 0) is 14.3 Å². The molecule has 0 unspecified atom stereocenters. The first kappa shape index (κ1) is 15.9. The predicted molar refractivity (Wildman–Crippen MR) is 92.1 cm³/mol. The lowest BCUT2D eigenvalue weighted by molar-refractivity contribution is -0.155. The van der Waals surface area contributed by atoms with E-state index in [0.717, 1.165) is 31.3 Å². The third-order valence-electron chi connectivity index (χ3n) is 7.34. The summed E-state index contributed by atoms with van der Waals surface area (Å²) in [6.45, 7) is 6.12. The third kappa shape index (κ3) is 2.09. The molecule has 6 atom stereocenters. The molecular formula is C21H26O3. The second-order valence-electron chi connectivity index (χ2n) is 8.49. The first-order valence-electron chi connectivity index (χ1n) is 9.15. The van der Waals surface area contributed by atoms with Gasteiger partial charge in [0.25, 0.3) is 0 Å². The molecule has 4 aliphatic rings. The number of rotatable bonds is 1. The molecule has 4 aliphatic carbocycles. The molecule has 0 heterocycles. The summed E-state index contributed by atoms with van der Waals surface area (Å²) >= 11 is 0. The molecule has 0 aromatic heterocycles. The minimum absolute atomic E-state index is 0.0336. The second-order valence-corrected chi connectivity index (χ2v) is 8.49. The zero-order valence-electron chi connectivity index (χ0n) is 14.7. The summed E-state index contributed by atoms with van der Waals surface area (Å²) in [5, 5.41) is 0. The number of ether oxygens (including phenoxy) is 1. The molecule has 0 radical (unpaired) electrons. The third-order valence-corrected chi connectivity index (χ3v) is 7.34. The first-order valence-corrected chi connectivity index (χ1v) is 9.15. The summed E-state index contributed by atoms with van der Waals surface area (Å²) < 4.78 is 5.68. The maximum absolute atomic E-state index is 11.8. The Morgan fingerprint density at radius 2 is 1.96 bits per heavy atom. The topological polar surface area (TPSA) is 43.4 Å². The molecular weight excluding hydrogens is 300 g/mol. The fraction of sp³-hybridized carbons (Fsp3) is 0.619. The van der Waals surface area contributed by atoms with E-state index in [0.29, 0.717) is 17.8 Å². The Labute approximate surface area is 143 Å². The Morgan fingerprint density at radius 1 is 1.17 bits per heavy atom. The van der Waals surface area contributed by atoms with Crippen LogP contribution in [0.15, 0.2) is 36.0 Å². The van der Waals surface area contributed by atoms with E-state index in [-0.39, 0.29) is 28.7 Å². The van der Waals surface area contributed by atoms with Crippen LogP contribution in [0.5, 0.6) is 0 Å². The molecule has 0 saturated heterocycles. The van der Waals surface area contributed by atoms with E-state index in [4.69, 9.17) is 4.74 Å². The molecule has 0 spiro atoms. The summed E-state index contributed by atoms with van der Waals surface area (Å²) in [5.41, 5.74) is 1.21. The van der Waals surface area contributed by atoms with Crippen molar-refractivity contribution in [2.24, 2.45) is 28.6 Å². The van der Waals surface area contributed by atoms with Crippen LogP contribution in [0.3, 0.4) is 0 Å². The second kappa shape index (κ2) is 5.18. The van der Waals surface area contributed by atoms with Crippen LogP contribution < -0.4 is 0 Å². The van der Waals surface area contributed by atoms with Crippen LogP contribution in [-0.4, -0.2) is 17.9 Å². The molecule has 24 heavy (non-hydrogen) atoms. The maximum Gasteiger partial charge on any atom is 0.302 e. The Balaban J connectivity index is 1.68. The number of esters is 1. The zero-order chi connectivity index (χ0) is 17.1. The lowest BCUT2D eigenvalue weighted by atomic mass is 9.50. The van der Waals surface area contributed by atoms with Gasteiger partial charge in [0.1, 0.15) is 6.10 Å². The van der Waals surface area contributed by atoms with E-state index in [1.807, 2.05) is 0 Å². The van der Waals surface area contributed by atoms with Crippen LogP contribution in [0.1, 0.15) is 46.5 Å². The minimum atomic E-state index is -0.158. The van der Waals surface area contributed by atoms with Gasteiger partial charge in [0, 0.05) is 17.8 Å². The summed E-state index contributed by atoms with van der Waals surface area (Å²) in [5.74, 6) is 1.54. The van der Waals surface area contributed by atoms with Crippen molar-refractivity contribution in [3.05, 3.63) is 36.0 Å². The van der Waals surface area contributed by atoms with Gasteiger partial charge in [0.15, 0.2) is 5.78 Å². The van der Waals surface area contributed by atoms with Gasteiger partial charge in [-0.3, -0.25) is 9.59 Å². The number of allylic oxidation sites excluding steroid dienone is 6. The maximum atomic E-state index is 11.8. The largest absolute Gasteiger partial charge is 0.462 e. The molecule has 128 valence electrons. The van der Waals surface area contributed by atoms with E-state index >= 15 is 0 Å². The Kier molecular flexibility index (Phi) is 3.42. The first-order chi connectivity index (χ1) is 11.3. The molecule has 2 fully saturated rings. The number of hydrogen-bond acceptors (Lipinski definition) is 3. The molecule has 4 rings (SSSR count). The summed E-state index contributed by atoms with van der Waals surface area (Å²) in [4.78, 5) is 23.2. The fourth-order valence-electron chi connectivity index (χ4n) is 6.00. The van der Waals surface area contributed by atoms with Gasteiger partial charge in [-0.1, -0.05) is 32.1 Å². The van der Waals surface area contributed by atoms with Crippen LogP contribution >= 0.6 is 0 Å². The standard InChI is InChI=1S/C21H26O3/c1-13(22)24-19-7-6-17-16-5-4-14-12-15(23)8-10-20(14,2)18(16)9-11-21(17,19)3/h4-5,8,10,12,16-19H,6-7,9,11H2,1-3H3/t16-,17-,18+,19+,20+,21+/m1/s1. The van der Waals surface area contributed by atoms with Crippen LogP contribution in [0.2, 0.25) is 0 Å². The van der Waals surface area contributed by atoms with Crippen LogP contribution in [0.4, 0.5) is 0 Å². The van der Waals surface area contributed by atoms with Gasteiger partial charge in [-0.2, -0.15) is 0 Å². The molecule has 0 aliphatic heterocycles. The quantitative estimate of drug-likeness (QED) is 0.684. The van der Waals surface area contributed by atoms with Crippen LogP contribution in [0.25, 0.3) is 0 Å². The number of carbonyl (C=O) groups excluding carboxylic acids is 2. The molecule has 0 N–H and O–H groups in total. The Morgan fingerprint density at radius 3 is 2.71 bits per heavy atom. The highest BCUT2D eigenvalue weighted by atomic mass is 16.5. The van der Waals surface area contributed by atoms with Crippen molar-refractivity contribution in [2.75, 3.05) is 0 Å². The van der Waals surface area contributed by atoms with E-state index in [1.165, 1.54) is 6.92 Å². The van der Waals surface area contributed by atoms with Gasteiger partial charge in [0.2, 0.25) is 0 Å². The molecule has 0 amide bonds. The highest BCUT2D eigenvalue weighted by molar-refractivity contribution is 6.01. The van der Waals surface area contributed by atoms with Crippen LogP contribution in [0, 0.1) is 28.6 Å². The predicted octanol–water partition coefficient (Wildman–Crippen LogP) is 4.00. The van der Waals surface area contributed by atoms with E-state index in [2.05, 4.69) is 32.1 Å². The summed E-state index contributed by atoms with van der Waals surface area (Å²) in [6.07, 6.45) is 14.6. The van der Waals surface area contributed by atoms with Crippen molar-refractivity contribution >= 4 is 11.8 Å². The highest BCUT2D eigenvalue weighted by Gasteiger charge is 2.58. The highest BCUT2D eigenvalue weighted by Crippen LogP contribution is 2.63.